The number of nitrogens with zero attached hydrogens (tertiary/aromatic N) is 2. The van der Waals surface area contributed by atoms with Gasteiger partial charge in [0.2, 0.25) is 5.91 Å². The van der Waals surface area contributed by atoms with Crippen LogP contribution in [0, 0.1) is 5.92 Å². The lowest BCUT2D eigenvalue weighted by atomic mass is 9.93. The highest BCUT2D eigenvalue weighted by Crippen LogP contribution is 2.33. The van der Waals surface area contributed by atoms with E-state index in [1.165, 1.54) is 0 Å². The molecule has 8 heteroatoms. The molecule has 0 bridgehead atoms. The van der Waals surface area contributed by atoms with Crippen molar-refractivity contribution in [3.63, 3.8) is 0 Å². The van der Waals surface area contributed by atoms with E-state index in [1.807, 2.05) is 48.2 Å². The molecule has 2 aromatic carbocycles. The second kappa shape index (κ2) is 9.77. The quantitative estimate of drug-likeness (QED) is 0.714. The number of piperazine rings is 1. The van der Waals surface area contributed by atoms with Gasteiger partial charge in [0.05, 0.1) is 36.4 Å². The zero-order valence-corrected chi connectivity index (χ0v) is 18.7. The summed E-state index contributed by atoms with van der Waals surface area (Å²) >= 11 is 6.38. The number of hydrogen-bond acceptors (Lipinski definition) is 6. The lowest BCUT2D eigenvalue weighted by Crippen LogP contribution is -2.51. The van der Waals surface area contributed by atoms with Gasteiger partial charge in [0.1, 0.15) is 11.5 Å². The molecule has 0 aliphatic carbocycles. The van der Waals surface area contributed by atoms with E-state index in [9.17, 15) is 4.79 Å². The van der Waals surface area contributed by atoms with Gasteiger partial charge < -0.3 is 19.3 Å². The Hall–Kier alpha value is -2.48. The van der Waals surface area contributed by atoms with Gasteiger partial charge in [-0.25, -0.2) is 5.43 Å². The van der Waals surface area contributed by atoms with Crippen molar-refractivity contribution in [3.05, 3.63) is 53.1 Å². The van der Waals surface area contributed by atoms with Crippen molar-refractivity contribution < 1.29 is 14.3 Å². The number of nitrogens with one attached hydrogen (secondary N) is 2. The lowest BCUT2D eigenvalue weighted by Gasteiger charge is -2.38. The van der Waals surface area contributed by atoms with Crippen molar-refractivity contribution in [1.29, 1.82) is 0 Å². The molecule has 2 aliphatic heterocycles. The fourth-order valence-electron chi connectivity index (χ4n) is 4.32. The number of halogens is 1. The van der Waals surface area contributed by atoms with Gasteiger partial charge in [-0.2, -0.15) is 0 Å². The number of benzene rings is 2. The van der Waals surface area contributed by atoms with E-state index in [4.69, 9.17) is 21.1 Å². The van der Waals surface area contributed by atoms with Gasteiger partial charge in [0.15, 0.2) is 0 Å². The molecule has 2 N–H and O–H groups in total. The topological polar surface area (TPSA) is 66.1 Å². The first-order chi connectivity index (χ1) is 15.1. The highest BCUT2D eigenvalue weighted by atomic mass is 35.5. The van der Waals surface area contributed by atoms with Gasteiger partial charge in [0, 0.05) is 32.7 Å². The van der Waals surface area contributed by atoms with Crippen LogP contribution in [0.15, 0.2) is 42.5 Å². The van der Waals surface area contributed by atoms with E-state index in [0.717, 1.165) is 30.1 Å². The summed E-state index contributed by atoms with van der Waals surface area (Å²) in [5, 5.41) is 0.560. The van der Waals surface area contributed by atoms with E-state index >= 15 is 0 Å². The zero-order valence-electron chi connectivity index (χ0n) is 17.9. The zero-order chi connectivity index (χ0) is 21.8. The van der Waals surface area contributed by atoms with Crippen LogP contribution in [0.3, 0.4) is 0 Å². The van der Waals surface area contributed by atoms with E-state index in [1.54, 1.807) is 7.11 Å². The molecule has 2 saturated heterocycles. The van der Waals surface area contributed by atoms with Crippen LogP contribution in [0.2, 0.25) is 5.02 Å². The van der Waals surface area contributed by atoms with Crippen molar-refractivity contribution >= 4 is 23.2 Å². The number of hydrazine groups is 1. The van der Waals surface area contributed by atoms with Crippen LogP contribution in [0.5, 0.6) is 11.5 Å². The van der Waals surface area contributed by atoms with Crippen molar-refractivity contribution in [1.82, 2.24) is 15.8 Å². The molecule has 0 aromatic heterocycles. The summed E-state index contributed by atoms with van der Waals surface area (Å²) in [6.45, 7) is 5.99. The maximum atomic E-state index is 13.3. The molecule has 0 spiro atoms. The highest BCUT2D eigenvalue weighted by Gasteiger charge is 2.37. The molecule has 2 fully saturated rings. The van der Waals surface area contributed by atoms with Crippen LogP contribution >= 0.6 is 11.6 Å². The second-order valence-electron chi connectivity index (χ2n) is 7.72. The third-order valence-corrected chi connectivity index (χ3v) is 6.23. The predicted molar refractivity (Wildman–Crippen MR) is 122 cm³/mol. The van der Waals surface area contributed by atoms with Gasteiger partial charge >= 0.3 is 0 Å². The van der Waals surface area contributed by atoms with Gasteiger partial charge in [0.25, 0.3) is 0 Å². The van der Waals surface area contributed by atoms with Crippen LogP contribution < -0.4 is 25.2 Å². The number of hydrogen-bond donors (Lipinski definition) is 2. The maximum Gasteiger partial charge on any atom is 0.229 e. The monoisotopic (exact) mass is 444 g/mol. The minimum absolute atomic E-state index is 0.132. The Bertz CT molecular complexity index is 917. The fourth-order valence-corrected chi connectivity index (χ4v) is 4.56. The molecule has 2 unspecified atom stereocenters. The number of rotatable bonds is 6. The SMILES string of the molecule is CCOc1ccc(C2NNCC2C(=O)N2CCN(c3ccccc3OC)CC2)cc1Cl. The Kier molecular flexibility index (Phi) is 6.85. The third kappa shape index (κ3) is 4.59. The van der Waals surface area contributed by atoms with Crippen LogP contribution in [0.25, 0.3) is 0 Å². The van der Waals surface area contributed by atoms with Gasteiger partial charge in [-0.1, -0.05) is 29.8 Å². The fraction of sp³-hybridized carbons (Fsp3) is 0.435. The average Bonchev–Trinajstić information content (AvgIpc) is 3.30. The maximum absolute atomic E-state index is 13.3. The Labute approximate surface area is 188 Å². The van der Waals surface area contributed by atoms with Crippen LogP contribution in [-0.2, 0) is 4.79 Å². The van der Waals surface area contributed by atoms with E-state index in [0.29, 0.717) is 37.0 Å². The summed E-state index contributed by atoms with van der Waals surface area (Å²) in [5.74, 6) is 1.49. The first-order valence-corrected chi connectivity index (χ1v) is 11.1. The molecule has 1 amide bonds. The number of anilines is 1. The Morgan fingerprint density at radius 1 is 1.13 bits per heavy atom. The number of amides is 1. The summed E-state index contributed by atoms with van der Waals surface area (Å²) in [7, 11) is 1.69. The number of carbonyl (C=O) groups excluding carboxylic acids is 1. The molecule has 2 aromatic rings. The Balaban J connectivity index is 1.42. The summed E-state index contributed by atoms with van der Waals surface area (Å²) in [6.07, 6.45) is 0. The summed E-state index contributed by atoms with van der Waals surface area (Å²) in [5.41, 5.74) is 8.45. The molecule has 4 rings (SSSR count). The first-order valence-electron chi connectivity index (χ1n) is 10.7. The predicted octanol–water partition coefficient (Wildman–Crippen LogP) is 2.86. The van der Waals surface area contributed by atoms with E-state index in [-0.39, 0.29) is 17.9 Å². The molecule has 0 saturated carbocycles. The van der Waals surface area contributed by atoms with Gasteiger partial charge in [-0.3, -0.25) is 10.2 Å². The first kappa shape index (κ1) is 21.7. The van der Waals surface area contributed by atoms with Crippen LogP contribution in [-0.4, -0.2) is 57.2 Å². The molecular formula is C23H29ClN4O3. The van der Waals surface area contributed by atoms with E-state index in [2.05, 4.69) is 21.8 Å². The molecular weight excluding hydrogens is 416 g/mol. The van der Waals surface area contributed by atoms with Gasteiger partial charge in [-0.05, 0) is 36.8 Å². The molecule has 0 radical (unpaired) electrons. The van der Waals surface area contributed by atoms with Crippen molar-refractivity contribution in [3.8, 4) is 11.5 Å². The molecule has 2 heterocycles. The summed E-state index contributed by atoms with van der Waals surface area (Å²) in [4.78, 5) is 17.6. The Morgan fingerprint density at radius 2 is 1.90 bits per heavy atom. The molecule has 31 heavy (non-hydrogen) atoms. The number of methoxy groups -OCH3 is 1. The third-order valence-electron chi connectivity index (χ3n) is 5.93. The Morgan fingerprint density at radius 3 is 2.61 bits per heavy atom. The highest BCUT2D eigenvalue weighted by molar-refractivity contribution is 6.32. The van der Waals surface area contributed by atoms with Crippen LogP contribution in [0.4, 0.5) is 5.69 Å². The number of ether oxygens (including phenoxy) is 2. The van der Waals surface area contributed by atoms with Crippen molar-refractivity contribution in [2.75, 3.05) is 51.3 Å². The average molecular weight is 445 g/mol. The second-order valence-corrected chi connectivity index (χ2v) is 8.12. The minimum Gasteiger partial charge on any atom is -0.495 e. The normalized spacial score (nSPS) is 21.3. The van der Waals surface area contributed by atoms with Crippen molar-refractivity contribution in [2.45, 2.75) is 13.0 Å². The van der Waals surface area contributed by atoms with Gasteiger partial charge in [-0.15, -0.1) is 0 Å². The molecule has 2 atom stereocenters. The minimum atomic E-state index is -0.188. The number of carbonyl (C=O) groups is 1. The van der Waals surface area contributed by atoms with E-state index < -0.39 is 0 Å². The molecule has 166 valence electrons. The summed E-state index contributed by atoms with van der Waals surface area (Å²) in [6, 6.07) is 13.6. The van der Waals surface area contributed by atoms with Crippen molar-refractivity contribution in [2.24, 2.45) is 5.92 Å². The summed E-state index contributed by atoms with van der Waals surface area (Å²) < 4.78 is 11.0. The van der Waals surface area contributed by atoms with Crippen LogP contribution in [0.1, 0.15) is 18.5 Å². The lowest BCUT2D eigenvalue weighted by molar-refractivity contribution is -0.135. The smallest absolute Gasteiger partial charge is 0.229 e. The molecule has 2 aliphatic rings. The molecule has 7 nitrogen and oxygen atoms in total. The number of para-hydroxylation sites is 2. The standard InChI is InChI=1S/C23H29ClN4O3/c1-3-31-20-9-8-16(14-18(20)24)22-17(15-25-26-22)23(29)28-12-10-27(11-13-28)19-6-4-5-7-21(19)30-2/h4-9,14,17,22,25-26H,3,10-13,15H2,1-2H3. The largest absolute Gasteiger partial charge is 0.495 e.